The van der Waals surface area contributed by atoms with Gasteiger partial charge in [0.1, 0.15) is 24.3 Å². The minimum Gasteiger partial charge on any atom is -0.490 e. The number of hydrogen-bond acceptors (Lipinski definition) is 2. The molecule has 2 nitrogen and oxygen atoms in total. The third kappa shape index (κ3) is 3.77. The molecule has 4 heteroatoms. The van der Waals surface area contributed by atoms with Gasteiger partial charge in [-0.05, 0) is 29.1 Å². The van der Waals surface area contributed by atoms with E-state index in [1.54, 1.807) is 0 Å². The minimum absolute atomic E-state index is 0.0598. The van der Waals surface area contributed by atoms with Crippen LogP contribution in [0.25, 0.3) is 0 Å². The average molecular weight is 259 g/mol. The summed E-state index contributed by atoms with van der Waals surface area (Å²) in [6.07, 6.45) is -0.848. The van der Waals surface area contributed by atoms with Crippen molar-refractivity contribution in [2.75, 3.05) is 6.61 Å². The SMILES string of the molecule is OC(C#CBr)COc1ccc(F)cc1. The van der Waals surface area contributed by atoms with Gasteiger partial charge in [-0.15, -0.1) is 0 Å². The molecule has 0 saturated heterocycles. The van der Waals surface area contributed by atoms with Gasteiger partial charge in [-0.2, -0.15) is 0 Å². The third-order valence-corrected chi connectivity index (χ3v) is 1.67. The first kappa shape index (κ1) is 11.0. The topological polar surface area (TPSA) is 29.5 Å². The average Bonchev–Trinajstić information content (AvgIpc) is 2.17. The Bertz CT molecular complexity index is 339. The molecule has 0 aliphatic carbocycles. The van der Waals surface area contributed by atoms with E-state index >= 15 is 0 Å². The fourth-order valence-corrected chi connectivity index (χ4v) is 1.07. The number of rotatable bonds is 3. The lowest BCUT2D eigenvalue weighted by molar-refractivity contribution is 0.151. The summed E-state index contributed by atoms with van der Waals surface area (Å²) in [5.41, 5.74) is 0. The van der Waals surface area contributed by atoms with Gasteiger partial charge < -0.3 is 9.84 Å². The predicted molar refractivity (Wildman–Crippen MR) is 54.6 cm³/mol. The molecular formula is C10H8BrFO2. The number of aliphatic hydroxyl groups is 1. The second-order valence-corrected chi connectivity index (χ2v) is 2.92. The van der Waals surface area contributed by atoms with E-state index in [9.17, 15) is 4.39 Å². The van der Waals surface area contributed by atoms with E-state index < -0.39 is 6.10 Å². The molecule has 0 saturated carbocycles. The Balaban J connectivity index is 2.44. The molecule has 1 N–H and O–H groups in total. The molecule has 0 aromatic heterocycles. The van der Waals surface area contributed by atoms with Gasteiger partial charge in [0.2, 0.25) is 0 Å². The molecule has 1 unspecified atom stereocenters. The van der Waals surface area contributed by atoms with Crippen LogP contribution in [0.15, 0.2) is 24.3 Å². The van der Waals surface area contributed by atoms with Crippen LogP contribution in [0.1, 0.15) is 0 Å². The highest BCUT2D eigenvalue weighted by atomic mass is 79.9. The Morgan fingerprint density at radius 2 is 2.07 bits per heavy atom. The first-order valence-electron chi connectivity index (χ1n) is 3.90. The summed E-state index contributed by atoms with van der Waals surface area (Å²) in [5.74, 6) is 2.63. The van der Waals surface area contributed by atoms with Crippen molar-refractivity contribution in [3.63, 3.8) is 0 Å². The van der Waals surface area contributed by atoms with E-state index in [1.807, 2.05) is 0 Å². The quantitative estimate of drug-likeness (QED) is 0.840. The Morgan fingerprint density at radius 1 is 1.43 bits per heavy atom. The van der Waals surface area contributed by atoms with Gasteiger partial charge in [0.25, 0.3) is 0 Å². The van der Waals surface area contributed by atoms with Crippen molar-refractivity contribution < 1.29 is 14.2 Å². The van der Waals surface area contributed by atoms with Crippen LogP contribution < -0.4 is 4.74 Å². The molecule has 0 amide bonds. The maximum atomic E-state index is 12.5. The Morgan fingerprint density at radius 3 is 2.64 bits per heavy atom. The predicted octanol–water partition coefficient (Wildman–Crippen LogP) is 1.92. The number of aliphatic hydroxyl groups excluding tert-OH is 1. The lowest BCUT2D eigenvalue weighted by atomic mass is 10.3. The maximum absolute atomic E-state index is 12.5. The lowest BCUT2D eigenvalue weighted by Crippen LogP contribution is -2.14. The van der Waals surface area contributed by atoms with E-state index in [1.165, 1.54) is 24.3 Å². The normalized spacial score (nSPS) is 11.4. The molecule has 14 heavy (non-hydrogen) atoms. The summed E-state index contributed by atoms with van der Waals surface area (Å²) in [6.45, 7) is 0.0598. The smallest absolute Gasteiger partial charge is 0.149 e. The van der Waals surface area contributed by atoms with Gasteiger partial charge in [-0.25, -0.2) is 4.39 Å². The van der Waals surface area contributed by atoms with E-state index in [-0.39, 0.29) is 12.4 Å². The fraction of sp³-hybridized carbons (Fsp3) is 0.200. The van der Waals surface area contributed by atoms with Crippen molar-refractivity contribution in [3.05, 3.63) is 30.1 Å². The highest BCUT2D eigenvalue weighted by Gasteiger charge is 2.00. The first-order chi connectivity index (χ1) is 6.72. The molecule has 0 bridgehead atoms. The van der Waals surface area contributed by atoms with E-state index in [2.05, 4.69) is 26.7 Å². The van der Waals surface area contributed by atoms with Crippen LogP contribution in [0.2, 0.25) is 0 Å². The molecule has 0 aliphatic heterocycles. The Kier molecular flexibility index (Phi) is 4.44. The summed E-state index contributed by atoms with van der Waals surface area (Å²) in [6, 6.07) is 5.56. The molecule has 74 valence electrons. The largest absolute Gasteiger partial charge is 0.490 e. The number of ether oxygens (including phenoxy) is 1. The van der Waals surface area contributed by atoms with Crippen LogP contribution in [-0.2, 0) is 0 Å². The highest BCUT2D eigenvalue weighted by Crippen LogP contribution is 2.10. The van der Waals surface area contributed by atoms with Gasteiger partial charge in [0, 0.05) is 15.9 Å². The molecule has 0 fully saturated rings. The molecule has 0 spiro atoms. The van der Waals surface area contributed by atoms with Crippen molar-refractivity contribution in [2.45, 2.75) is 6.10 Å². The second-order valence-electron chi connectivity index (χ2n) is 2.52. The van der Waals surface area contributed by atoms with Crippen LogP contribution in [-0.4, -0.2) is 17.8 Å². The van der Waals surface area contributed by atoms with Gasteiger partial charge >= 0.3 is 0 Å². The van der Waals surface area contributed by atoms with Crippen molar-refractivity contribution in [3.8, 4) is 16.5 Å². The summed E-state index contributed by atoms with van der Waals surface area (Å²) >= 11 is 2.86. The molecular weight excluding hydrogens is 251 g/mol. The second kappa shape index (κ2) is 5.63. The van der Waals surface area contributed by atoms with Crippen LogP contribution in [0.5, 0.6) is 5.75 Å². The molecule has 1 atom stereocenters. The maximum Gasteiger partial charge on any atom is 0.149 e. The number of hydrogen-bond donors (Lipinski definition) is 1. The van der Waals surface area contributed by atoms with Crippen LogP contribution in [0.4, 0.5) is 4.39 Å². The highest BCUT2D eigenvalue weighted by molar-refractivity contribution is 9.12. The van der Waals surface area contributed by atoms with E-state index in [0.29, 0.717) is 5.75 Å². The van der Waals surface area contributed by atoms with E-state index in [4.69, 9.17) is 9.84 Å². The zero-order valence-corrected chi connectivity index (χ0v) is 8.79. The van der Waals surface area contributed by atoms with Gasteiger partial charge in [-0.3, -0.25) is 0 Å². The Labute approximate surface area is 89.8 Å². The van der Waals surface area contributed by atoms with Crippen molar-refractivity contribution >= 4 is 15.9 Å². The summed E-state index contributed by atoms with van der Waals surface area (Å²) < 4.78 is 17.6. The molecule has 1 aromatic rings. The van der Waals surface area contributed by atoms with E-state index in [0.717, 1.165) is 0 Å². The Hall–Kier alpha value is -1.05. The minimum atomic E-state index is -0.848. The summed E-state index contributed by atoms with van der Waals surface area (Å²) in [4.78, 5) is 2.39. The van der Waals surface area contributed by atoms with Crippen LogP contribution >= 0.6 is 15.9 Å². The number of halogens is 2. The molecule has 1 aromatic carbocycles. The van der Waals surface area contributed by atoms with Crippen LogP contribution in [0, 0.1) is 16.6 Å². The zero-order valence-electron chi connectivity index (χ0n) is 7.21. The van der Waals surface area contributed by atoms with Gasteiger partial charge in [0.15, 0.2) is 0 Å². The van der Waals surface area contributed by atoms with Gasteiger partial charge in [0.05, 0.1) is 0 Å². The van der Waals surface area contributed by atoms with Gasteiger partial charge in [-0.1, -0.05) is 5.92 Å². The lowest BCUT2D eigenvalue weighted by Gasteiger charge is -2.06. The molecule has 0 aliphatic rings. The fourth-order valence-electron chi connectivity index (χ4n) is 0.811. The monoisotopic (exact) mass is 258 g/mol. The first-order valence-corrected chi connectivity index (χ1v) is 4.69. The zero-order chi connectivity index (χ0) is 10.4. The summed E-state index contributed by atoms with van der Waals surface area (Å²) in [7, 11) is 0. The molecule has 1 rings (SSSR count). The third-order valence-electron chi connectivity index (χ3n) is 1.44. The number of benzene rings is 1. The van der Waals surface area contributed by atoms with Crippen molar-refractivity contribution in [2.24, 2.45) is 0 Å². The van der Waals surface area contributed by atoms with Crippen LogP contribution in [0.3, 0.4) is 0 Å². The summed E-state index contributed by atoms with van der Waals surface area (Å²) in [5, 5.41) is 9.16. The van der Waals surface area contributed by atoms with Crippen molar-refractivity contribution in [1.82, 2.24) is 0 Å². The van der Waals surface area contributed by atoms with Crippen molar-refractivity contribution in [1.29, 1.82) is 0 Å². The molecule has 0 radical (unpaired) electrons. The standard InChI is InChI=1S/C10H8BrFO2/c11-6-5-9(13)7-14-10-3-1-8(12)2-4-10/h1-4,9,13H,7H2. The molecule has 0 heterocycles.